The van der Waals surface area contributed by atoms with Gasteiger partial charge in [-0.15, -0.1) is 0 Å². The minimum Gasteiger partial charge on any atom is -0.493 e. The summed E-state index contributed by atoms with van der Waals surface area (Å²) in [6.07, 6.45) is 3.72. The molecule has 0 N–H and O–H groups in total. The first kappa shape index (κ1) is 14.5. The van der Waals surface area contributed by atoms with Gasteiger partial charge in [-0.3, -0.25) is 0 Å². The second kappa shape index (κ2) is 6.04. The summed E-state index contributed by atoms with van der Waals surface area (Å²) in [7, 11) is 3.31. The zero-order valence-corrected chi connectivity index (χ0v) is 13.4. The van der Waals surface area contributed by atoms with Gasteiger partial charge in [0, 0.05) is 10.7 Å². The molecule has 0 heterocycles. The molecule has 0 radical (unpaired) electrons. The summed E-state index contributed by atoms with van der Waals surface area (Å²) in [4.78, 5) is 0. The normalized spacial score (nSPS) is 16.6. The van der Waals surface area contributed by atoms with Crippen LogP contribution in [-0.2, 0) is 0 Å². The number of hydrogen-bond acceptors (Lipinski definition) is 3. The summed E-state index contributed by atoms with van der Waals surface area (Å²) in [5.41, 5.74) is 1.38. The minimum atomic E-state index is 0.279. The van der Waals surface area contributed by atoms with E-state index in [9.17, 15) is 0 Å². The lowest BCUT2D eigenvalue weighted by atomic mass is 9.71. The topological polar surface area (TPSA) is 27.7 Å². The molecule has 0 amide bonds. The Hall–Kier alpha value is -0.900. The van der Waals surface area contributed by atoms with Crippen LogP contribution in [-0.4, -0.2) is 26.2 Å². The van der Waals surface area contributed by atoms with Crippen molar-refractivity contribution in [1.82, 2.24) is 0 Å². The summed E-state index contributed by atoms with van der Waals surface area (Å²) >= 11 is 3.60. The van der Waals surface area contributed by atoms with Crippen LogP contribution in [0.4, 0.5) is 0 Å². The molecule has 0 saturated heterocycles. The second-order valence-corrected chi connectivity index (χ2v) is 5.84. The van der Waals surface area contributed by atoms with Crippen LogP contribution in [0.2, 0.25) is 0 Å². The van der Waals surface area contributed by atoms with Gasteiger partial charge in [0.25, 0.3) is 0 Å². The molecule has 1 fully saturated rings. The van der Waals surface area contributed by atoms with E-state index in [1.165, 1.54) is 19.3 Å². The largest absolute Gasteiger partial charge is 0.493 e. The third-order valence-corrected chi connectivity index (χ3v) is 5.01. The van der Waals surface area contributed by atoms with Crippen molar-refractivity contribution in [3.63, 3.8) is 0 Å². The highest BCUT2D eigenvalue weighted by atomic mass is 79.9. The predicted molar refractivity (Wildman–Crippen MR) is 79.9 cm³/mol. The van der Waals surface area contributed by atoms with E-state index in [2.05, 4.69) is 15.9 Å². The average Bonchev–Trinajstić information content (AvgIpc) is 2.38. The molecular weight excluding hydrogens is 308 g/mol. The molecule has 0 atom stereocenters. The predicted octanol–water partition coefficient (Wildman–Crippen LogP) is 3.96. The summed E-state index contributed by atoms with van der Waals surface area (Å²) in [6, 6.07) is 3.94. The molecule has 19 heavy (non-hydrogen) atoms. The summed E-state index contributed by atoms with van der Waals surface area (Å²) in [5, 5.41) is 0.983. The van der Waals surface area contributed by atoms with Gasteiger partial charge in [-0.2, -0.15) is 0 Å². The van der Waals surface area contributed by atoms with Crippen LogP contribution in [0.1, 0.15) is 24.8 Å². The standard InChI is InChI=1S/C15H21BrO3/c1-11-7-12(17-2)14(13(8-11)18-3)19-10-15(9-16)5-4-6-15/h7-8H,4-6,9-10H2,1-3H3. The molecule has 2 rings (SSSR count). The molecule has 0 spiro atoms. The van der Waals surface area contributed by atoms with Crippen LogP contribution in [0, 0.1) is 12.3 Å². The molecule has 0 aromatic heterocycles. The number of aryl methyl sites for hydroxylation is 1. The van der Waals surface area contributed by atoms with Gasteiger partial charge in [-0.05, 0) is 37.5 Å². The quantitative estimate of drug-likeness (QED) is 0.740. The van der Waals surface area contributed by atoms with Gasteiger partial charge in [0.2, 0.25) is 5.75 Å². The Morgan fingerprint density at radius 2 is 1.74 bits per heavy atom. The van der Waals surface area contributed by atoms with Crippen molar-refractivity contribution in [3.05, 3.63) is 17.7 Å². The Balaban J connectivity index is 2.18. The maximum absolute atomic E-state index is 6.02. The molecule has 1 aliphatic rings. The maximum Gasteiger partial charge on any atom is 0.203 e. The van der Waals surface area contributed by atoms with Crippen molar-refractivity contribution in [1.29, 1.82) is 0 Å². The lowest BCUT2D eigenvalue weighted by Gasteiger charge is -2.40. The van der Waals surface area contributed by atoms with Gasteiger partial charge in [0.15, 0.2) is 11.5 Å². The Bertz CT molecular complexity index is 411. The Morgan fingerprint density at radius 1 is 1.16 bits per heavy atom. The third-order valence-electron chi connectivity index (χ3n) is 3.83. The van der Waals surface area contributed by atoms with Crippen molar-refractivity contribution >= 4 is 15.9 Å². The number of methoxy groups -OCH3 is 2. The lowest BCUT2D eigenvalue weighted by molar-refractivity contribution is 0.0801. The van der Waals surface area contributed by atoms with Crippen molar-refractivity contribution in [2.75, 3.05) is 26.2 Å². The molecule has 4 heteroatoms. The van der Waals surface area contributed by atoms with E-state index >= 15 is 0 Å². The van der Waals surface area contributed by atoms with E-state index in [4.69, 9.17) is 14.2 Å². The number of rotatable bonds is 6. The fourth-order valence-electron chi connectivity index (χ4n) is 2.37. The molecule has 1 aromatic carbocycles. The molecule has 1 aliphatic carbocycles. The molecule has 0 aliphatic heterocycles. The molecule has 106 valence electrons. The molecule has 1 aromatic rings. The highest BCUT2D eigenvalue weighted by Crippen LogP contribution is 2.45. The van der Waals surface area contributed by atoms with Gasteiger partial charge in [-0.1, -0.05) is 22.4 Å². The van der Waals surface area contributed by atoms with Gasteiger partial charge in [0.05, 0.1) is 20.8 Å². The number of benzene rings is 1. The summed E-state index contributed by atoms with van der Waals surface area (Å²) < 4.78 is 16.8. The maximum atomic E-state index is 6.02. The Labute approximate surface area is 123 Å². The molecule has 0 unspecified atom stereocenters. The molecular formula is C15H21BrO3. The van der Waals surface area contributed by atoms with Crippen molar-refractivity contribution < 1.29 is 14.2 Å². The Morgan fingerprint density at radius 3 is 2.11 bits per heavy atom. The first-order valence-corrected chi connectivity index (χ1v) is 7.68. The van der Waals surface area contributed by atoms with Crippen molar-refractivity contribution in [2.24, 2.45) is 5.41 Å². The van der Waals surface area contributed by atoms with Crippen LogP contribution < -0.4 is 14.2 Å². The van der Waals surface area contributed by atoms with Crippen LogP contribution in [0.5, 0.6) is 17.2 Å². The number of alkyl halides is 1. The van der Waals surface area contributed by atoms with E-state index < -0.39 is 0 Å². The van der Waals surface area contributed by atoms with E-state index in [1.54, 1.807) is 14.2 Å². The Kier molecular flexibility index (Phi) is 4.61. The number of ether oxygens (including phenoxy) is 3. The highest BCUT2D eigenvalue weighted by Gasteiger charge is 2.37. The van der Waals surface area contributed by atoms with E-state index in [0.29, 0.717) is 12.4 Å². The monoisotopic (exact) mass is 328 g/mol. The first-order chi connectivity index (χ1) is 9.14. The minimum absolute atomic E-state index is 0.279. The summed E-state index contributed by atoms with van der Waals surface area (Å²) in [6.45, 7) is 2.72. The fraction of sp³-hybridized carbons (Fsp3) is 0.600. The van der Waals surface area contributed by atoms with Crippen LogP contribution in [0.3, 0.4) is 0 Å². The molecule has 3 nitrogen and oxygen atoms in total. The zero-order valence-electron chi connectivity index (χ0n) is 11.8. The van der Waals surface area contributed by atoms with Gasteiger partial charge in [0.1, 0.15) is 0 Å². The van der Waals surface area contributed by atoms with E-state index in [0.717, 1.165) is 22.4 Å². The smallest absolute Gasteiger partial charge is 0.203 e. The summed E-state index contributed by atoms with van der Waals surface area (Å²) in [5.74, 6) is 2.18. The fourth-order valence-corrected chi connectivity index (χ4v) is 3.09. The first-order valence-electron chi connectivity index (χ1n) is 6.55. The zero-order chi connectivity index (χ0) is 13.9. The SMILES string of the molecule is COc1cc(C)cc(OC)c1OCC1(CBr)CCC1. The van der Waals surface area contributed by atoms with E-state index in [-0.39, 0.29) is 5.41 Å². The van der Waals surface area contributed by atoms with E-state index in [1.807, 2.05) is 19.1 Å². The third kappa shape index (κ3) is 2.99. The van der Waals surface area contributed by atoms with Gasteiger partial charge < -0.3 is 14.2 Å². The van der Waals surface area contributed by atoms with Gasteiger partial charge in [-0.25, -0.2) is 0 Å². The lowest BCUT2D eigenvalue weighted by Crippen LogP contribution is -2.37. The highest BCUT2D eigenvalue weighted by molar-refractivity contribution is 9.09. The average molecular weight is 329 g/mol. The number of hydrogen-bond donors (Lipinski definition) is 0. The number of halogens is 1. The van der Waals surface area contributed by atoms with Crippen molar-refractivity contribution in [2.45, 2.75) is 26.2 Å². The van der Waals surface area contributed by atoms with Crippen LogP contribution >= 0.6 is 15.9 Å². The van der Waals surface area contributed by atoms with Crippen molar-refractivity contribution in [3.8, 4) is 17.2 Å². The van der Waals surface area contributed by atoms with Crippen LogP contribution in [0.15, 0.2) is 12.1 Å². The molecule has 0 bridgehead atoms. The second-order valence-electron chi connectivity index (χ2n) is 5.27. The van der Waals surface area contributed by atoms with Gasteiger partial charge >= 0.3 is 0 Å². The van der Waals surface area contributed by atoms with Crippen LogP contribution in [0.25, 0.3) is 0 Å². The molecule has 1 saturated carbocycles.